The summed E-state index contributed by atoms with van der Waals surface area (Å²) in [6.45, 7) is 63.9. The Hall–Kier alpha value is 0. The van der Waals surface area contributed by atoms with Gasteiger partial charge in [0.05, 0.1) is 0 Å². The van der Waals surface area contributed by atoms with Gasteiger partial charge in [-0.25, -0.2) is 0 Å². The van der Waals surface area contributed by atoms with Crippen molar-refractivity contribution in [1.29, 1.82) is 0 Å². The number of hydrogen-bond acceptors (Lipinski definition) is 0. The molecule has 15 aliphatic carbocycles. The third-order valence-electron chi connectivity index (χ3n) is 33.6. The van der Waals surface area contributed by atoms with E-state index in [4.69, 9.17) is 0 Å². The highest BCUT2D eigenvalue weighted by Crippen LogP contribution is 2.50. The largest absolute Gasteiger partial charge is 0.0654 e. The van der Waals surface area contributed by atoms with Gasteiger partial charge in [-0.2, -0.15) is 0 Å². The van der Waals surface area contributed by atoms with Gasteiger partial charge in [-0.05, 0) is 267 Å². The number of fused-ring (bicyclic) bond motifs is 4. The molecule has 15 rings (SSSR count). The van der Waals surface area contributed by atoms with E-state index in [1.165, 1.54) is 283 Å². The van der Waals surface area contributed by atoms with E-state index in [0.717, 1.165) is 123 Å². The van der Waals surface area contributed by atoms with Gasteiger partial charge >= 0.3 is 0 Å². The Balaban J connectivity index is 0.000000293. The predicted octanol–water partition coefficient (Wildman–Crippen LogP) is 36.5. The van der Waals surface area contributed by atoms with Crippen LogP contribution >= 0.6 is 0 Å². The molecule has 104 heavy (non-hydrogen) atoms. The van der Waals surface area contributed by atoms with Crippen molar-refractivity contribution >= 4 is 0 Å². The van der Waals surface area contributed by atoms with Crippen molar-refractivity contribution in [3.63, 3.8) is 0 Å². The summed E-state index contributed by atoms with van der Waals surface area (Å²) in [6, 6.07) is 0. The van der Waals surface area contributed by atoms with Gasteiger partial charge in [-0.1, -0.05) is 399 Å². The monoisotopic (exact) mass is 1450 g/mol. The van der Waals surface area contributed by atoms with Gasteiger partial charge < -0.3 is 0 Å². The molecule has 10 atom stereocenters. The third kappa shape index (κ3) is 40.1. The Kier molecular flexibility index (Phi) is 48.1. The lowest BCUT2D eigenvalue weighted by atomic mass is 9.78. The maximum Gasteiger partial charge on any atom is -0.0328 e. The summed E-state index contributed by atoms with van der Waals surface area (Å²) in [4.78, 5) is 0. The van der Waals surface area contributed by atoms with Crippen molar-refractivity contribution in [3.05, 3.63) is 0 Å². The fourth-order valence-corrected chi connectivity index (χ4v) is 23.0. The van der Waals surface area contributed by atoms with Crippen LogP contribution in [0.3, 0.4) is 0 Å². The predicted molar refractivity (Wildman–Crippen MR) is 474 cm³/mol. The van der Waals surface area contributed by atoms with Gasteiger partial charge in [0.15, 0.2) is 0 Å². The summed E-state index contributed by atoms with van der Waals surface area (Å²) in [5, 5.41) is 0. The first-order chi connectivity index (χ1) is 48.9. The van der Waals surface area contributed by atoms with Gasteiger partial charge in [0.2, 0.25) is 0 Å². The second-order valence-electron chi connectivity index (χ2n) is 45.4. The SMILES string of the molecule is CC(C)C1CCCC1.CC1(C)CCCCC1.CC1C2CCC1CC2.CC1CC(C)C(C)C1.CC1CCC(C)CC1.CC1CCCC1(C)C.CCC1(C)CCCC1.CCC1(C)CCCC1.CCC1CCCC1C.CCCC1CCCC1.C[C@H]1CC2CCC1C2.C[C@H]1CCC(C)(C)C1.C[C@H]1CCCC1(C)C. The van der Waals surface area contributed by atoms with E-state index in [-0.39, 0.29) is 0 Å². The maximum absolute atomic E-state index is 2.44. The van der Waals surface area contributed by atoms with Crippen LogP contribution in [0.4, 0.5) is 0 Å². The lowest BCUT2D eigenvalue weighted by Gasteiger charge is -2.28. The molecular weight excluding hydrogens is 1250 g/mol. The maximum atomic E-state index is 2.44. The summed E-state index contributed by atoms with van der Waals surface area (Å²) < 4.78 is 0. The lowest BCUT2D eigenvalue weighted by molar-refractivity contribution is 0.244. The first-order valence-electron chi connectivity index (χ1n) is 48.9. The van der Waals surface area contributed by atoms with E-state index < -0.39 is 0 Å². The molecule has 0 spiro atoms. The molecule has 0 aromatic heterocycles. The Labute approximate surface area is 661 Å². The topological polar surface area (TPSA) is 0 Å². The summed E-state index contributed by atoms with van der Waals surface area (Å²) in [6.07, 6.45) is 76.9. The minimum atomic E-state index is 0.653. The van der Waals surface area contributed by atoms with Crippen molar-refractivity contribution in [2.24, 2.45) is 145 Å². The molecule has 15 saturated carbocycles. The molecule has 0 N–H and O–H groups in total. The molecule has 0 amide bonds. The van der Waals surface area contributed by atoms with E-state index in [1.807, 2.05) is 0 Å². The highest BCUT2D eigenvalue weighted by Gasteiger charge is 2.39. The van der Waals surface area contributed by atoms with Gasteiger partial charge in [0.25, 0.3) is 0 Å². The molecule has 620 valence electrons. The van der Waals surface area contributed by atoms with Crippen molar-refractivity contribution < 1.29 is 0 Å². The van der Waals surface area contributed by atoms with Gasteiger partial charge in [-0.15, -0.1) is 0 Å². The first-order valence-corrected chi connectivity index (χ1v) is 48.9. The van der Waals surface area contributed by atoms with Crippen LogP contribution in [0.25, 0.3) is 0 Å². The molecule has 15 fully saturated rings. The van der Waals surface area contributed by atoms with E-state index in [9.17, 15) is 0 Å². The van der Waals surface area contributed by atoms with Gasteiger partial charge in [0.1, 0.15) is 0 Å². The zero-order chi connectivity index (χ0) is 77.7. The van der Waals surface area contributed by atoms with Crippen LogP contribution in [-0.4, -0.2) is 0 Å². The Morgan fingerprint density at radius 1 is 0.308 bits per heavy atom. The highest BCUT2D eigenvalue weighted by molar-refractivity contribution is 4.90. The highest BCUT2D eigenvalue weighted by atomic mass is 14.4. The molecule has 0 aromatic carbocycles. The third-order valence-corrected chi connectivity index (χ3v) is 33.6. The van der Waals surface area contributed by atoms with Crippen molar-refractivity contribution in [1.82, 2.24) is 0 Å². The molecule has 0 radical (unpaired) electrons. The average molecular weight is 1450 g/mol. The van der Waals surface area contributed by atoms with Gasteiger partial charge in [-0.3, -0.25) is 0 Å². The van der Waals surface area contributed by atoms with Crippen LogP contribution in [-0.2, 0) is 0 Å². The number of rotatable bonds is 6. The second kappa shape index (κ2) is 51.0. The minimum absolute atomic E-state index is 0.653. The average Bonchev–Trinajstić information content (AvgIpc) is 1.69. The standard InChI is InChI=1S/2C8H14.11C8H16/c1-6-4-7-2-3-8(6)5-7;1-6-7-2-3-8(6)5-4-7;1-6-4-7(2)8(3)5-6;1-7-4-5-8(2,3)6-7;2*1-7-5-4-6-8(7,2)3;1-7-3-5-8(2)6-4-7;1-8(2)6-4-3-5-7-8;1-7(2)8-5-3-4-6-8;2*1-3-8(2)6-4-5-7-8;1-3-8-6-4-5-7(8)2;1-2-5-8-6-3-4-7-8/h2*6-8H,2-5H2,1H3;6-8H,4-5H2,1-3H3;3*7H,4-6H2,1-3H3;7-8H,3-6H2,1-2H3;3-7H2,1-2H3;7-8H,3-6H2,1-2H3;2*3-7H2,1-2H3;7-8H,3-6H2,1-2H3;8H,2-7H2,1H3/t6-,7?,8?;;;2*7-;;;;;;;;/m0..00......../s1. The molecule has 15 aliphatic rings. The zero-order valence-corrected chi connectivity index (χ0v) is 77.7. The van der Waals surface area contributed by atoms with Gasteiger partial charge in [0, 0.05) is 0 Å². The molecule has 7 unspecified atom stereocenters. The minimum Gasteiger partial charge on any atom is -0.0654 e. The van der Waals surface area contributed by atoms with Crippen LogP contribution in [0.5, 0.6) is 0 Å². The zero-order valence-electron chi connectivity index (χ0n) is 77.7. The quantitative estimate of drug-likeness (QED) is 0.249. The fraction of sp³-hybridized carbons (Fsp3) is 1.00. The Morgan fingerprint density at radius 3 is 0.933 bits per heavy atom. The summed E-state index contributed by atoms with van der Waals surface area (Å²) >= 11 is 0. The van der Waals surface area contributed by atoms with E-state index in [1.54, 1.807) is 51.4 Å². The first kappa shape index (κ1) is 98.2. The Bertz CT molecular complexity index is 1910. The second-order valence-corrected chi connectivity index (χ2v) is 45.4. The molecule has 0 nitrogen and oxygen atoms in total. The molecule has 0 aromatic rings. The molecule has 0 heteroatoms. The van der Waals surface area contributed by atoms with E-state index in [0.29, 0.717) is 21.7 Å². The smallest absolute Gasteiger partial charge is 0.0328 e. The molecule has 0 saturated heterocycles. The fourth-order valence-electron chi connectivity index (χ4n) is 23.0. The lowest BCUT2D eigenvalue weighted by Crippen LogP contribution is -2.14. The van der Waals surface area contributed by atoms with Crippen LogP contribution in [0.15, 0.2) is 0 Å². The van der Waals surface area contributed by atoms with E-state index >= 15 is 0 Å². The van der Waals surface area contributed by atoms with Crippen molar-refractivity contribution in [2.75, 3.05) is 0 Å². The molecule has 0 heterocycles. The normalized spacial score (nSPS) is 35.7. The van der Waals surface area contributed by atoms with Crippen LogP contribution in [0.1, 0.15) is 521 Å². The Morgan fingerprint density at radius 2 is 0.740 bits per heavy atom. The van der Waals surface area contributed by atoms with Crippen LogP contribution in [0, 0.1) is 145 Å². The molecule has 4 bridgehead atoms. The summed E-state index contributed by atoms with van der Waals surface area (Å²) in [5.74, 6) is 19.9. The number of hydrogen-bond donors (Lipinski definition) is 0. The summed E-state index contributed by atoms with van der Waals surface area (Å²) in [7, 11) is 0. The van der Waals surface area contributed by atoms with E-state index in [2.05, 4.69) is 187 Å². The molecular formula is C104H204. The van der Waals surface area contributed by atoms with Crippen LogP contribution < -0.4 is 0 Å². The summed E-state index contributed by atoms with van der Waals surface area (Å²) in [5.41, 5.74) is 4.12. The molecule has 0 aliphatic heterocycles. The van der Waals surface area contributed by atoms with Crippen molar-refractivity contribution in [3.8, 4) is 0 Å². The van der Waals surface area contributed by atoms with Crippen molar-refractivity contribution in [2.45, 2.75) is 521 Å². The van der Waals surface area contributed by atoms with Crippen LogP contribution in [0.2, 0.25) is 0 Å².